The first-order valence-electron chi connectivity index (χ1n) is 10.6. The molecular weight excluding hydrogens is 660 g/mol. The molecule has 0 amide bonds. The van der Waals surface area contributed by atoms with E-state index in [2.05, 4.69) is 31.9 Å². The molecule has 2 aliphatic heterocycles. The molecule has 2 saturated heterocycles. The van der Waals surface area contributed by atoms with Gasteiger partial charge in [-0.2, -0.15) is 21.8 Å². The molecule has 2 aromatic rings. The predicted octanol–water partition coefficient (Wildman–Crippen LogP) is 4.90. The van der Waals surface area contributed by atoms with E-state index in [9.17, 15) is 34.4 Å². The molecule has 2 heterocycles. The van der Waals surface area contributed by atoms with Crippen molar-refractivity contribution >= 4 is 51.9 Å². The molecule has 1 spiro atoms. The normalized spacial score (nSPS) is 19.7. The van der Waals surface area contributed by atoms with E-state index in [1.807, 2.05) is 0 Å². The molecule has 7 nitrogen and oxygen atoms in total. The van der Waals surface area contributed by atoms with Gasteiger partial charge in [-0.1, -0.05) is 6.07 Å². The molecule has 4 rings (SSSR count). The average molecular weight is 680 g/mol. The van der Waals surface area contributed by atoms with Gasteiger partial charge >= 0.3 is 6.18 Å². The maximum atomic E-state index is 13.5. The zero-order valence-corrected chi connectivity index (χ0v) is 23.2. The highest BCUT2D eigenvalue weighted by molar-refractivity contribution is 9.10. The van der Waals surface area contributed by atoms with Crippen molar-refractivity contribution in [2.24, 2.45) is 0 Å². The van der Waals surface area contributed by atoms with Crippen molar-refractivity contribution in [3.8, 4) is 0 Å². The highest BCUT2D eigenvalue weighted by Gasteiger charge is 2.52. The topological polar surface area (TPSA) is 84.0 Å². The fourth-order valence-corrected chi connectivity index (χ4v) is 9.67. The van der Waals surface area contributed by atoms with E-state index in [-0.39, 0.29) is 57.8 Å². The molecule has 36 heavy (non-hydrogen) atoms. The Morgan fingerprint density at radius 1 is 0.889 bits per heavy atom. The minimum atomic E-state index is -4.64. The number of rotatable bonds is 5. The maximum absolute atomic E-state index is 13.5. The van der Waals surface area contributed by atoms with Gasteiger partial charge in [-0.05, 0) is 67.8 Å². The first-order chi connectivity index (χ1) is 16.7. The molecule has 2 aromatic carbocycles. The largest absolute Gasteiger partial charge is 0.416 e. The number of halogens is 6. The van der Waals surface area contributed by atoms with Crippen LogP contribution in [0, 0.1) is 0 Å². The average Bonchev–Trinajstić information content (AvgIpc) is 3.22. The first kappa shape index (κ1) is 27.9. The van der Waals surface area contributed by atoms with Crippen LogP contribution in [0.3, 0.4) is 0 Å². The van der Waals surface area contributed by atoms with E-state index >= 15 is 0 Å². The molecule has 0 saturated carbocycles. The van der Waals surface area contributed by atoms with E-state index < -0.39 is 44.2 Å². The van der Waals surface area contributed by atoms with Crippen molar-refractivity contribution in [3.63, 3.8) is 0 Å². The number of piperidine rings is 1. The molecule has 0 atom stereocenters. The summed E-state index contributed by atoms with van der Waals surface area (Å²) in [6.07, 6.45) is -4.60. The molecule has 15 heteroatoms. The van der Waals surface area contributed by atoms with E-state index in [4.69, 9.17) is 4.74 Å². The number of benzene rings is 2. The Labute approximate surface area is 222 Å². The van der Waals surface area contributed by atoms with Gasteiger partial charge in [-0.25, -0.2) is 21.2 Å². The van der Waals surface area contributed by atoms with E-state index in [1.165, 1.54) is 22.5 Å². The zero-order valence-electron chi connectivity index (χ0n) is 18.4. The lowest BCUT2D eigenvalue weighted by Crippen LogP contribution is -2.55. The van der Waals surface area contributed by atoms with Crippen LogP contribution in [-0.4, -0.2) is 57.4 Å². The van der Waals surface area contributed by atoms with Crippen LogP contribution >= 0.6 is 31.9 Å². The van der Waals surface area contributed by atoms with Crippen LogP contribution in [0.25, 0.3) is 0 Å². The minimum Gasteiger partial charge on any atom is -0.358 e. The molecular formula is C21H20Br2F4N2O5S2. The molecule has 2 fully saturated rings. The summed E-state index contributed by atoms with van der Waals surface area (Å²) in [5, 5.41) is 0. The van der Waals surface area contributed by atoms with Crippen molar-refractivity contribution in [1.29, 1.82) is 0 Å². The van der Waals surface area contributed by atoms with Gasteiger partial charge in [0.05, 0.1) is 22.0 Å². The summed E-state index contributed by atoms with van der Waals surface area (Å²) < 4.78 is 113. The van der Waals surface area contributed by atoms with Crippen molar-refractivity contribution in [2.75, 3.05) is 26.2 Å². The maximum Gasteiger partial charge on any atom is 0.416 e. The summed E-state index contributed by atoms with van der Waals surface area (Å²) in [6.45, 7) is -0.833. The predicted molar refractivity (Wildman–Crippen MR) is 129 cm³/mol. The van der Waals surface area contributed by atoms with Gasteiger partial charge in [0.15, 0.2) is 0 Å². The zero-order chi connectivity index (χ0) is 26.5. The van der Waals surface area contributed by atoms with Gasteiger partial charge in [-0.15, -0.1) is 0 Å². The minimum absolute atomic E-state index is 0.0178. The van der Waals surface area contributed by atoms with Crippen molar-refractivity contribution in [2.45, 2.75) is 41.2 Å². The Balaban J connectivity index is 1.58. The smallest absolute Gasteiger partial charge is 0.358 e. The summed E-state index contributed by atoms with van der Waals surface area (Å²) in [7, 11) is -8.24. The second-order valence-corrected chi connectivity index (χ2v) is 13.8. The lowest BCUT2D eigenvalue weighted by molar-refractivity contribution is -0.137. The third-order valence-electron chi connectivity index (χ3n) is 6.22. The van der Waals surface area contributed by atoms with Gasteiger partial charge < -0.3 is 4.74 Å². The Kier molecular flexibility index (Phi) is 7.67. The van der Waals surface area contributed by atoms with Crippen molar-refractivity contribution in [3.05, 3.63) is 56.5 Å². The van der Waals surface area contributed by atoms with Gasteiger partial charge in [0.25, 0.3) is 0 Å². The Morgan fingerprint density at radius 2 is 1.47 bits per heavy atom. The number of sulfonamides is 2. The highest BCUT2D eigenvalue weighted by atomic mass is 79.9. The monoisotopic (exact) mass is 678 g/mol. The lowest BCUT2D eigenvalue weighted by Gasteiger charge is -2.42. The quantitative estimate of drug-likeness (QED) is 0.420. The van der Waals surface area contributed by atoms with Crippen LogP contribution < -0.4 is 0 Å². The summed E-state index contributed by atoms with van der Waals surface area (Å²) in [5.41, 5.74) is -2.01. The molecule has 0 radical (unpaired) electrons. The Bertz CT molecular complexity index is 1380. The first-order valence-corrected chi connectivity index (χ1v) is 15.1. The van der Waals surface area contributed by atoms with Gasteiger partial charge in [0.2, 0.25) is 20.0 Å². The molecule has 0 aromatic heterocycles. The van der Waals surface area contributed by atoms with E-state index in [1.54, 1.807) is 0 Å². The molecule has 0 N–H and O–H groups in total. The molecule has 2 aliphatic rings. The number of hydrogen-bond donors (Lipinski definition) is 0. The molecule has 0 unspecified atom stereocenters. The van der Waals surface area contributed by atoms with Crippen LogP contribution in [-0.2, 0) is 37.6 Å². The fraction of sp³-hybridized carbons (Fsp3) is 0.429. The van der Waals surface area contributed by atoms with Gasteiger partial charge in [0.1, 0.15) is 12.4 Å². The number of ether oxygens (including phenoxy) is 1. The summed E-state index contributed by atoms with van der Waals surface area (Å²) in [4.78, 5) is -0.381. The second-order valence-electron chi connectivity index (χ2n) is 8.32. The number of alkyl halides is 4. The van der Waals surface area contributed by atoms with E-state index in [0.717, 1.165) is 10.4 Å². The van der Waals surface area contributed by atoms with Crippen LogP contribution in [0.5, 0.6) is 0 Å². The molecule has 198 valence electrons. The highest BCUT2D eigenvalue weighted by Crippen LogP contribution is 2.42. The molecule has 0 bridgehead atoms. The van der Waals surface area contributed by atoms with Crippen molar-refractivity contribution in [1.82, 2.24) is 8.61 Å². The molecule has 0 aliphatic carbocycles. The fourth-order valence-electron chi connectivity index (χ4n) is 4.38. The standard InChI is InChI=1S/C21H20Br2F4N2O5S2/c22-16-11-14(13-24)1-3-18(16)35(30,31)28-7-5-20(6-8-28)29(9-10-34-20)36(32,33)19-4-2-15(12-17(19)23)21(25,26)27/h1-4,11-12H,5-10,13H2. The SMILES string of the molecule is O=S(=O)(c1ccc(CF)cc1Br)N1CCC2(CC1)OCCN2S(=O)(=O)c1ccc(C(F)(F)F)cc1Br. The summed E-state index contributed by atoms with van der Waals surface area (Å²) >= 11 is 6.13. The van der Waals surface area contributed by atoms with Crippen molar-refractivity contribution < 1.29 is 39.1 Å². The Hall–Kier alpha value is -1.10. The third kappa shape index (κ3) is 4.99. The van der Waals surface area contributed by atoms with Crippen LogP contribution in [0.2, 0.25) is 0 Å². The summed E-state index contributed by atoms with van der Waals surface area (Å²) in [5.74, 6) is 0. The van der Waals surface area contributed by atoms with Gasteiger partial charge in [0, 0.05) is 41.4 Å². The number of nitrogens with zero attached hydrogens (tertiary/aromatic N) is 2. The van der Waals surface area contributed by atoms with Gasteiger partial charge in [-0.3, -0.25) is 0 Å². The lowest BCUT2D eigenvalue weighted by atomic mass is 10.0. The third-order valence-corrected chi connectivity index (χ3v) is 12.0. The Morgan fingerprint density at radius 3 is 2.03 bits per heavy atom. The second kappa shape index (κ2) is 9.89. The summed E-state index contributed by atoms with van der Waals surface area (Å²) in [6, 6.07) is 6.37. The van der Waals surface area contributed by atoms with E-state index in [0.29, 0.717) is 17.7 Å². The van der Waals surface area contributed by atoms with Crippen LogP contribution in [0.1, 0.15) is 24.0 Å². The number of hydrogen-bond acceptors (Lipinski definition) is 5. The van der Waals surface area contributed by atoms with Crippen LogP contribution in [0.4, 0.5) is 17.6 Å². The van der Waals surface area contributed by atoms with Crippen LogP contribution in [0.15, 0.2) is 55.1 Å².